The van der Waals surface area contributed by atoms with Crippen molar-refractivity contribution in [1.29, 1.82) is 0 Å². The average Bonchev–Trinajstić information content (AvgIpc) is 1.80. The highest BCUT2D eigenvalue weighted by molar-refractivity contribution is 9.10. The lowest BCUT2D eigenvalue weighted by atomic mass is 10.3. The van der Waals surface area contributed by atoms with E-state index in [-0.39, 0.29) is 0 Å². The fourth-order valence-electron chi connectivity index (χ4n) is 0.476. The van der Waals surface area contributed by atoms with Gasteiger partial charge in [-0.15, -0.1) is 0 Å². The fourth-order valence-corrected chi connectivity index (χ4v) is 0.767. The predicted molar refractivity (Wildman–Crippen MR) is 36.6 cm³/mol. The number of aromatic nitrogens is 1. The van der Waals surface area contributed by atoms with Crippen LogP contribution in [0.25, 0.3) is 0 Å². The van der Waals surface area contributed by atoms with Crippen molar-refractivity contribution in [3.63, 3.8) is 0 Å². The molecule has 0 fully saturated rings. The third-order valence-electron chi connectivity index (χ3n) is 1.00. The summed E-state index contributed by atoms with van der Waals surface area (Å²) in [5.74, 6) is -0.451. The molecule has 0 atom stereocenters. The molecule has 1 aromatic heterocycles. The second-order valence-electron chi connectivity index (χ2n) is 1.76. The van der Waals surface area contributed by atoms with Gasteiger partial charge in [0.1, 0.15) is 0 Å². The summed E-state index contributed by atoms with van der Waals surface area (Å²) in [4.78, 5) is 3.44. The van der Waals surface area contributed by atoms with Crippen molar-refractivity contribution in [2.24, 2.45) is 0 Å². The van der Waals surface area contributed by atoms with Crippen molar-refractivity contribution in [2.75, 3.05) is 0 Å². The SMILES string of the molecule is Cc1cnc(F)cc1Br. The monoisotopic (exact) mass is 189 g/mol. The van der Waals surface area contributed by atoms with E-state index >= 15 is 0 Å². The summed E-state index contributed by atoms with van der Waals surface area (Å²) in [5, 5.41) is 0. The van der Waals surface area contributed by atoms with E-state index in [0.717, 1.165) is 10.0 Å². The highest BCUT2D eigenvalue weighted by Crippen LogP contribution is 2.13. The summed E-state index contributed by atoms with van der Waals surface area (Å²) in [5.41, 5.74) is 0.941. The molecule has 1 rings (SSSR count). The first-order valence-electron chi connectivity index (χ1n) is 2.48. The van der Waals surface area contributed by atoms with Crippen LogP contribution in [0.3, 0.4) is 0 Å². The van der Waals surface area contributed by atoms with Crippen LogP contribution in [0.4, 0.5) is 4.39 Å². The maximum atomic E-state index is 12.2. The maximum absolute atomic E-state index is 12.2. The Morgan fingerprint density at radius 3 is 2.78 bits per heavy atom. The van der Waals surface area contributed by atoms with Gasteiger partial charge >= 0.3 is 0 Å². The molecule has 0 saturated carbocycles. The molecule has 0 saturated heterocycles. The zero-order valence-electron chi connectivity index (χ0n) is 4.86. The van der Waals surface area contributed by atoms with Crippen molar-refractivity contribution in [3.8, 4) is 0 Å². The molecule has 0 N–H and O–H groups in total. The van der Waals surface area contributed by atoms with Crippen molar-refractivity contribution in [1.82, 2.24) is 4.98 Å². The first-order valence-corrected chi connectivity index (χ1v) is 3.27. The van der Waals surface area contributed by atoms with Crippen molar-refractivity contribution >= 4 is 15.9 Å². The van der Waals surface area contributed by atoms with Crippen LogP contribution < -0.4 is 0 Å². The van der Waals surface area contributed by atoms with Gasteiger partial charge in [0, 0.05) is 16.7 Å². The van der Waals surface area contributed by atoms with Gasteiger partial charge in [0.25, 0.3) is 0 Å². The van der Waals surface area contributed by atoms with E-state index < -0.39 is 5.95 Å². The molecule has 1 aromatic rings. The lowest BCUT2D eigenvalue weighted by molar-refractivity contribution is 0.582. The van der Waals surface area contributed by atoms with Gasteiger partial charge < -0.3 is 0 Å². The Bertz CT molecular complexity index is 224. The fraction of sp³-hybridized carbons (Fsp3) is 0.167. The molecule has 0 aliphatic carbocycles. The lowest BCUT2D eigenvalue weighted by Crippen LogP contribution is -1.83. The summed E-state index contributed by atoms with van der Waals surface area (Å²) in [7, 11) is 0. The normalized spacial score (nSPS) is 9.67. The maximum Gasteiger partial charge on any atom is 0.213 e. The Morgan fingerprint density at radius 2 is 2.33 bits per heavy atom. The predicted octanol–water partition coefficient (Wildman–Crippen LogP) is 2.29. The number of nitrogens with zero attached hydrogens (tertiary/aromatic N) is 1. The minimum atomic E-state index is -0.451. The van der Waals surface area contributed by atoms with Gasteiger partial charge in [-0.25, -0.2) is 4.98 Å². The Labute approximate surface area is 61.0 Å². The molecule has 0 spiro atoms. The van der Waals surface area contributed by atoms with Gasteiger partial charge in [0.2, 0.25) is 5.95 Å². The molecule has 0 aromatic carbocycles. The quantitative estimate of drug-likeness (QED) is 0.572. The summed E-state index contributed by atoms with van der Waals surface area (Å²) < 4.78 is 13.0. The molecular weight excluding hydrogens is 185 g/mol. The van der Waals surface area contributed by atoms with E-state index in [2.05, 4.69) is 20.9 Å². The number of pyridine rings is 1. The summed E-state index contributed by atoms with van der Waals surface area (Å²) in [6, 6.07) is 1.34. The average molecular weight is 190 g/mol. The topological polar surface area (TPSA) is 12.9 Å². The largest absolute Gasteiger partial charge is 0.228 e. The Morgan fingerprint density at radius 1 is 1.67 bits per heavy atom. The van der Waals surface area contributed by atoms with Crippen LogP contribution in [0.15, 0.2) is 16.7 Å². The van der Waals surface area contributed by atoms with Crippen LogP contribution in [-0.2, 0) is 0 Å². The Kier molecular flexibility index (Phi) is 1.81. The molecule has 1 heterocycles. The van der Waals surface area contributed by atoms with Gasteiger partial charge in [-0.3, -0.25) is 0 Å². The second-order valence-corrected chi connectivity index (χ2v) is 2.61. The van der Waals surface area contributed by atoms with Gasteiger partial charge in [-0.05, 0) is 12.5 Å². The van der Waals surface area contributed by atoms with Crippen molar-refractivity contribution < 1.29 is 4.39 Å². The molecule has 0 radical (unpaired) electrons. The van der Waals surface area contributed by atoms with Gasteiger partial charge in [0.05, 0.1) is 0 Å². The van der Waals surface area contributed by atoms with E-state index in [1.807, 2.05) is 6.92 Å². The van der Waals surface area contributed by atoms with Crippen LogP contribution in [-0.4, -0.2) is 4.98 Å². The minimum Gasteiger partial charge on any atom is -0.228 e. The Balaban J connectivity index is 3.17. The van der Waals surface area contributed by atoms with Gasteiger partial charge in [-0.1, -0.05) is 15.9 Å². The van der Waals surface area contributed by atoms with Crippen LogP contribution in [0, 0.1) is 12.9 Å². The minimum absolute atomic E-state index is 0.451. The van der Waals surface area contributed by atoms with E-state index in [4.69, 9.17) is 0 Å². The molecule has 48 valence electrons. The summed E-state index contributed by atoms with van der Waals surface area (Å²) in [6.07, 6.45) is 1.49. The molecular formula is C6H5BrFN. The molecule has 1 nitrogen and oxygen atoms in total. The number of hydrogen-bond acceptors (Lipinski definition) is 1. The second kappa shape index (κ2) is 2.43. The molecule has 0 bridgehead atoms. The van der Waals surface area contributed by atoms with Crippen LogP contribution in [0.5, 0.6) is 0 Å². The zero-order valence-corrected chi connectivity index (χ0v) is 6.44. The first kappa shape index (κ1) is 6.68. The highest BCUT2D eigenvalue weighted by Gasteiger charge is 1.95. The van der Waals surface area contributed by atoms with E-state index in [9.17, 15) is 4.39 Å². The molecule has 0 amide bonds. The number of aryl methyl sites for hydroxylation is 1. The molecule has 3 heteroatoms. The van der Waals surface area contributed by atoms with Crippen molar-refractivity contribution in [3.05, 3.63) is 28.2 Å². The van der Waals surface area contributed by atoms with E-state index in [1.165, 1.54) is 12.3 Å². The van der Waals surface area contributed by atoms with E-state index in [0.29, 0.717) is 0 Å². The number of hydrogen-bond donors (Lipinski definition) is 0. The smallest absolute Gasteiger partial charge is 0.213 e. The molecule has 9 heavy (non-hydrogen) atoms. The van der Waals surface area contributed by atoms with Gasteiger partial charge in [-0.2, -0.15) is 4.39 Å². The summed E-state index contributed by atoms with van der Waals surface area (Å²) >= 11 is 3.17. The third-order valence-corrected chi connectivity index (χ3v) is 1.86. The summed E-state index contributed by atoms with van der Waals surface area (Å²) in [6.45, 7) is 1.86. The molecule has 0 aliphatic rings. The van der Waals surface area contributed by atoms with Crippen LogP contribution in [0.2, 0.25) is 0 Å². The molecule has 0 unspecified atom stereocenters. The highest BCUT2D eigenvalue weighted by atomic mass is 79.9. The van der Waals surface area contributed by atoms with E-state index in [1.54, 1.807) is 0 Å². The third kappa shape index (κ3) is 1.48. The first-order chi connectivity index (χ1) is 4.20. The lowest BCUT2D eigenvalue weighted by Gasteiger charge is -1.93. The zero-order chi connectivity index (χ0) is 6.85. The van der Waals surface area contributed by atoms with Crippen LogP contribution >= 0.6 is 15.9 Å². The molecule has 0 aliphatic heterocycles. The van der Waals surface area contributed by atoms with Crippen molar-refractivity contribution in [2.45, 2.75) is 6.92 Å². The standard InChI is InChI=1S/C6H5BrFN/c1-4-3-9-6(8)2-5(4)7/h2-3H,1H3. The van der Waals surface area contributed by atoms with Gasteiger partial charge in [0.15, 0.2) is 0 Å². The number of halogens is 2. The Hall–Kier alpha value is -0.440. The number of rotatable bonds is 0. The van der Waals surface area contributed by atoms with Crippen LogP contribution in [0.1, 0.15) is 5.56 Å².